The third-order valence-electron chi connectivity index (χ3n) is 2.53. The fourth-order valence-electron chi connectivity index (χ4n) is 1.66. The molecule has 4 heteroatoms. The Morgan fingerprint density at radius 2 is 2.19 bits per heavy atom. The molecule has 0 fully saturated rings. The van der Waals surface area contributed by atoms with E-state index in [-0.39, 0.29) is 11.9 Å². The number of methoxy groups -OCH3 is 1. The standard InChI is InChI=1S/C12H19FN2O/c1-9(14)12-10(13)5-4-6-11(12)15(2)7-8-16-3/h4-6,9H,7-8,14H2,1-3H3. The molecule has 0 spiro atoms. The first kappa shape index (κ1) is 12.9. The normalized spacial score (nSPS) is 12.6. The second-order valence-electron chi connectivity index (χ2n) is 3.88. The molecule has 16 heavy (non-hydrogen) atoms. The lowest BCUT2D eigenvalue weighted by Crippen LogP contribution is -2.25. The molecule has 1 aromatic rings. The summed E-state index contributed by atoms with van der Waals surface area (Å²) in [5.41, 5.74) is 7.17. The summed E-state index contributed by atoms with van der Waals surface area (Å²) in [5, 5.41) is 0. The van der Waals surface area contributed by atoms with Gasteiger partial charge < -0.3 is 15.4 Å². The molecule has 3 nitrogen and oxygen atoms in total. The number of likely N-dealkylation sites (N-methyl/N-ethyl adjacent to an activating group) is 1. The van der Waals surface area contributed by atoms with E-state index in [0.29, 0.717) is 18.7 Å². The molecule has 2 N–H and O–H groups in total. The van der Waals surface area contributed by atoms with E-state index in [4.69, 9.17) is 10.5 Å². The molecule has 0 aromatic heterocycles. The van der Waals surface area contributed by atoms with Gasteiger partial charge in [-0.3, -0.25) is 0 Å². The van der Waals surface area contributed by atoms with Crippen molar-refractivity contribution in [3.8, 4) is 0 Å². The Bertz CT molecular complexity index is 342. The van der Waals surface area contributed by atoms with Gasteiger partial charge in [0.25, 0.3) is 0 Å². The zero-order valence-electron chi connectivity index (χ0n) is 10.0. The van der Waals surface area contributed by atoms with Crippen LogP contribution >= 0.6 is 0 Å². The summed E-state index contributed by atoms with van der Waals surface area (Å²) in [6, 6.07) is 4.69. The van der Waals surface area contributed by atoms with Gasteiger partial charge in [-0.05, 0) is 19.1 Å². The molecule has 0 saturated heterocycles. The van der Waals surface area contributed by atoms with E-state index in [1.807, 2.05) is 18.0 Å². The molecule has 1 rings (SSSR count). The highest BCUT2D eigenvalue weighted by atomic mass is 19.1. The van der Waals surface area contributed by atoms with Gasteiger partial charge in [-0.2, -0.15) is 0 Å². The molecule has 0 aliphatic heterocycles. The van der Waals surface area contributed by atoms with Gasteiger partial charge in [0.1, 0.15) is 5.82 Å². The van der Waals surface area contributed by atoms with Crippen molar-refractivity contribution >= 4 is 5.69 Å². The predicted molar refractivity (Wildman–Crippen MR) is 64.1 cm³/mol. The largest absolute Gasteiger partial charge is 0.383 e. The fraction of sp³-hybridized carbons (Fsp3) is 0.500. The third kappa shape index (κ3) is 2.93. The van der Waals surface area contributed by atoms with Crippen LogP contribution in [0.5, 0.6) is 0 Å². The Morgan fingerprint density at radius 1 is 1.50 bits per heavy atom. The number of rotatable bonds is 5. The first-order valence-corrected chi connectivity index (χ1v) is 5.32. The van der Waals surface area contributed by atoms with Crippen LogP contribution in [0.4, 0.5) is 10.1 Å². The van der Waals surface area contributed by atoms with E-state index in [0.717, 1.165) is 5.69 Å². The van der Waals surface area contributed by atoms with Gasteiger partial charge in [-0.1, -0.05) is 6.07 Å². The number of halogens is 1. The maximum Gasteiger partial charge on any atom is 0.130 e. The molecule has 1 unspecified atom stereocenters. The van der Waals surface area contributed by atoms with Gasteiger partial charge in [-0.15, -0.1) is 0 Å². The summed E-state index contributed by atoms with van der Waals surface area (Å²) < 4.78 is 18.6. The summed E-state index contributed by atoms with van der Waals surface area (Å²) in [7, 11) is 3.55. The SMILES string of the molecule is COCCN(C)c1cccc(F)c1C(C)N. The molecule has 0 bridgehead atoms. The zero-order chi connectivity index (χ0) is 12.1. The highest BCUT2D eigenvalue weighted by molar-refractivity contribution is 5.54. The van der Waals surface area contributed by atoms with Crippen LogP contribution in [0.15, 0.2) is 18.2 Å². The number of benzene rings is 1. The maximum atomic E-state index is 13.6. The van der Waals surface area contributed by atoms with E-state index in [9.17, 15) is 4.39 Å². The van der Waals surface area contributed by atoms with E-state index < -0.39 is 0 Å². The van der Waals surface area contributed by atoms with Crippen LogP contribution in [0.25, 0.3) is 0 Å². The Hall–Kier alpha value is -1.13. The molecule has 0 aliphatic carbocycles. The van der Waals surface area contributed by atoms with Crippen LogP contribution in [0, 0.1) is 5.82 Å². The van der Waals surface area contributed by atoms with Crippen LogP contribution in [-0.2, 0) is 4.74 Å². The van der Waals surface area contributed by atoms with E-state index in [1.165, 1.54) is 6.07 Å². The smallest absolute Gasteiger partial charge is 0.130 e. The predicted octanol–water partition coefficient (Wildman–Crippen LogP) is 1.93. The number of hydrogen-bond acceptors (Lipinski definition) is 3. The topological polar surface area (TPSA) is 38.5 Å². The third-order valence-corrected chi connectivity index (χ3v) is 2.53. The number of nitrogens with two attached hydrogens (primary N) is 1. The summed E-state index contributed by atoms with van der Waals surface area (Å²) >= 11 is 0. The number of nitrogens with zero attached hydrogens (tertiary/aromatic N) is 1. The summed E-state index contributed by atoms with van der Waals surface area (Å²) in [5.74, 6) is -0.253. The van der Waals surface area contributed by atoms with Crippen molar-refractivity contribution in [2.24, 2.45) is 5.73 Å². The first-order valence-electron chi connectivity index (χ1n) is 5.32. The van der Waals surface area contributed by atoms with Crippen molar-refractivity contribution in [3.63, 3.8) is 0 Å². The van der Waals surface area contributed by atoms with Crippen LogP contribution in [0.2, 0.25) is 0 Å². The Balaban J connectivity index is 2.98. The van der Waals surface area contributed by atoms with Crippen molar-refractivity contribution in [1.82, 2.24) is 0 Å². The minimum atomic E-state index is -0.318. The van der Waals surface area contributed by atoms with Gasteiger partial charge in [-0.25, -0.2) is 4.39 Å². The van der Waals surface area contributed by atoms with Crippen molar-refractivity contribution < 1.29 is 9.13 Å². The number of hydrogen-bond donors (Lipinski definition) is 1. The summed E-state index contributed by atoms with van der Waals surface area (Å²) in [6.45, 7) is 3.09. The molecule has 0 radical (unpaired) electrons. The fourth-order valence-corrected chi connectivity index (χ4v) is 1.66. The van der Waals surface area contributed by atoms with Crippen molar-refractivity contribution in [1.29, 1.82) is 0 Å². The lowest BCUT2D eigenvalue weighted by Gasteiger charge is -2.24. The Morgan fingerprint density at radius 3 is 2.75 bits per heavy atom. The number of anilines is 1. The van der Waals surface area contributed by atoms with Crippen molar-refractivity contribution in [3.05, 3.63) is 29.6 Å². The Labute approximate surface area is 96.0 Å². The first-order chi connectivity index (χ1) is 7.57. The molecular weight excluding hydrogens is 207 g/mol. The lowest BCUT2D eigenvalue weighted by atomic mass is 10.1. The second-order valence-corrected chi connectivity index (χ2v) is 3.88. The highest BCUT2D eigenvalue weighted by Gasteiger charge is 2.14. The van der Waals surface area contributed by atoms with E-state index in [1.54, 1.807) is 20.1 Å². The molecule has 0 heterocycles. The van der Waals surface area contributed by atoms with Crippen LogP contribution in [0.1, 0.15) is 18.5 Å². The van der Waals surface area contributed by atoms with Crippen LogP contribution in [-0.4, -0.2) is 27.3 Å². The molecular formula is C12H19FN2O. The molecule has 90 valence electrons. The van der Waals surface area contributed by atoms with Crippen molar-refractivity contribution in [2.75, 3.05) is 32.2 Å². The molecule has 0 saturated carbocycles. The lowest BCUT2D eigenvalue weighted by molar-refractivity contribution is 0.206. The minimum absolute atomic E-state index is 0.253. The van der Waals surface area contributed by atoms with E-state index in [2.05, 4.69) is 0 Å². The summed E-state index contributed by atoms with van der Waals surface area (Å²) in [6.07, 6.45) is 0. The van der Waals surface area contributed by atoms with Gasteiger partial charge in [0.15, 0.2) is 0 Å². The Kier molecular flexibility index (Phi) is 4.71. The maximum absolute atomic E-state index is 13.6. The average molecular weight is 226 g/mol. The molecule has 1 aromatic carbocycles. The van der Waals surface area contributed by atoms with Crippen LogP contribution < -0.4 is 10.6 Å². The monoisotopic (exact) mass is 226 g/mol. The van der Waals surface area contributed by atoms with Crippen molar-refractivity contribution in [2.45, 2.75) is 13.0 Å². The van der Waals surface area contributed by atoms with Gasteiger partial charge in [0.2, 0.25) is 0 Å². The molecule has 1 atom stereocenters. The number of ether oxygens (including phenoxy) is 1. The average Bonchev–Trinajstić information content (AvgIpc) is 2.24. The van der Waals surface area contributed by atoms with Gasteiger partial charge >= 0.3 is 0 Å². The summed E-state index contributed by atoms with van der Waals surface area (Å²) in [4.78, 5) is 1.95. The highest BCUT2D eigenvalue weighted by Crippen LogP contribution is 2.26. The minimum Gasteiger partial charge on any atom is -0.383 e. The quantitative estimate of drug-likeness (QED) is 0.833. The zero-order valence-corrected chi connectivity index (χ0v) is 10.0. The van der Waals surface area contributed by atoms with Gasteiger partial charge in [0, 0.05) is 38.0 Å². The van der Waals surface area contributed by atoms with Gasteiger partial charge in [0.05, 0.1) is 6.61 Å². The van der Waals surface area contributed by atoms with Crippen LogP contribution in [0.3, 0.4) is 0 Å². The molecule has 0 amide bonds. The molecule has 0 aliphatic rings. The van der Waals surface area contributed by atoms with E-state index >= 15 is 0 Å². The second kappa shape index (κ2) is 5.82.